The number of methoxy groups -OCH3 is 1. The number of esters is 1. The molecule has 0 N–H and O–H groups in total. The van der Waals surface area contributed by atoms with E-state index in [0.29, 0.717) is 22.2 Å². The zero-order valence-electron chi connectivity index (χ0n) is 20.2. The zero-order chi connectivity index (χ0) is 26.4. The molecule has 1 aliphatic heterocycles. The highest BCUT2D eigenvalue weighted by atomic mass is 35.5. The highest BCUT2D eigenvalue weighted by Gasteiger charge is 2.38. The van der Waals surface area contributed by atoms with Crippen molar-refractivity contribution in [1.29, 1.82) is 5.26 Å². The Kier molecular flexibility index (Phi) is 6.13. The van der Waals surface area contributed by atoms with Gasteiger partial charge in [-0.05, 0) is 35.7 Å². The third-order valence-corrected chi connectivity index (χ3v) is 6.79. The molecule has 4 aromatic rings. The summed E-state index contributed by atoms with van der Waals surface area (Å²) in [5.41, 5.74) is 2.91. The molecule has 0 bridgehead atoms. The van der Waals surface area contributed by atoms with Crippen molar-refractivity contribution in [2.75, 3.05) is 13.7 Å². The van der Waals surface area contributed by atoms with Crippen LogP contribution < -0.4 is 0 Å². The number of halogens is 2. The van der Waals surface area contributed by atoms with Gasteiger partial charge in [0, 0.05) is 38.8 Å². The predicted octanol–water partition coefficient (Wildman–Crippen LogP) is 2.82. The Morgan fingerprint density at radius 3 is 2.81 bits per heavy atom. The molecule has 37 heavy (non-hydrogen) atoms. The standard InChI is InChI=1S/C25H21ClFN7O3/c1-32-12-13(11-29-32)8-19(25(36)37-3)34-7-6-15-16(4-5-17(27)20(15)24(34)35)21-14(10-28)9-18-22(30-21)23(26)31-33(18)2/h4-5,9,11-12,19H,6-8H2,1-3H3/t19-/m1/s1. The minimum Gasteiger partial charge on any atom is -0.467 e. The molecule has 12 heteroatoms. The molecule has 188 valence electrons. The molecule has 3 aromatic heterocycles. The Balaban J connectivity index is 1.60. The van der Waals surface area contributed by atoms with Crippen LogP contribution in [0.3, 0.4) is 0 Å². The molecule has 0 radical (unpaired) electrons. The second-order valence-electron chi connectivity index (χ2n) is 8.74. The third kappa shape index (κ3) is 4.09. The summed E-state index contributed by atoms with van der Waals surface area (Å²) in [4.78, 5) is 32.2. The number of amides is 1. The SMILES string of the molecule is COC(=O)[C@@H](Cc1cnn(C)c1)N1CCc2c(-c3nc4c(Cl)nn(C)c4cc3C#N)ccc(F)c2C1=O. The molecular formula is C25H21ClFN7O3. The molecule has 0 unspecified atom stereocenters. The first-order valence-corrected chi connectivity index (χ1v) is 11.7. The summed E-state index contributed by atoms with van der Waals surface area (Å²) in [5, 5.41) is 18.3. The van der Waals surface area contributed by atoms with Gasteiger partial charge in [-0.3, -0.25) is 14.2 Å². The maximum atomic E-state index is 15.2. The maximum Gasteiger partial charge on any atom is 0.328 e. The van der Waals surface area contributed by atoms with Crippen molar-refractivity contribution in [2.24, 2.45) is 14.1 Å². The van der Waals surface area contributed by atoms with Gasteiger partial charge in [0.25, 0.3) is 5.91 Å². The van der Waals surface area contributed by atoms with Crippen LogP contribution in [-0.4, -0.2) is 61.0 Å². The van der Waals surface area contributed by atoms with Gasteiger partial charge in [-0.1, -0.05) is 11.6 Å². The topological polar surface area (TPSA) is 119 Å². The summed E-state index contributed by atoms with van der Waals surface area (Å²) >= 11 is 6.24. The highest BCUT2D eigenvalue weighted by Crippen LogP contribution is 2.35. The van der Waals surface area contributed by atoms with Gasteiger partial charge < -0.3 is 9.64 Å². The van der Waals surface area contributed by atoms with Crippen molar-refractivity contribution in [3.8, 4) is 17.3 Å². The average Bonchev–Trinajstić information content (AvgIpc) is 3.42. The van der Waals surface area contributed by atoms with Crippen LogP contribution in [0.5, 0.6) is 0 Å². The van der Waals surface area contributed by atoms with E-state index in [1.165, 1.54) is 28.8 Å². The fraction of sp³-hybridized carbons (Fsp3) is 0.280. The Bertz CT molecular complexity index is 1620. The van der Waals surface area contributed by atoms with E-state index in [4.69, 9.17) is 16.3 Å². The lowest BCUT2D eigenvalue weighted by Crippen LogP contribution is -2.50. The number of hydrogen-bond acceptors (Lipinski definition) is 7. The van der Waals surface area contributed by atoms with Crippen molar-refractivity contribution in [3.63, 3.8) is 0 Å². The summed E-state index contributed by atoms with van der Waals surface area (Å²) in [6.07, 6.45) is 3.75. The summed E-state index contributed by atoms with van der Waals surface area (Å²) in [7, 11) is 4.68. The van der Waals surface area contributed by atoms with E-state index in [-0.39, 0.29) is 41.4 Å². The lowest BCUT2D eigenvalue weighted by molar-refractivity contribution is -0.146. The first-order chi connectivity index (χ1) is 17.7. The summed E-state index contributed by atoms with van der Waals surface area (Å²) < 4.78 is 23.3. The van der Waals surface area contributed by atoms with Gasteiger partial charge in [-0.15, -0.1) is 0 Å². The summed E-state index contributed by atoms with van der Waals surface area (Å²) in [5.74, 6) is -1.97. The van der Waals surface area contributed by atoms with E-state index in [1.54, 1.807) is 37.2 Å². The quantitative estimate of drug-likeness (QED) is 0.370. The minimum atomic E-state index is -0.962. The fourth-order valence-corrected chi connectivity index (χ4v) is 5.04. The molecule has 0 saturated heterocycles. The molecule has 5 rings (SSSR count). The predicted molar refractivity (Wildman–Crippen MR) is 131 cm³/mol. The number of aryl methyl sites for hydroxylation is 2. The lowest BCUT2D eigenvalue weighted by atomic mass is 9.89. The Morgan fingerprint density at radius 1 is 1.35 bits per heavy atom. The molecular weight excluding hydrogens is 501 g/mol. The number of nitrogens with zero attached hydrogens (tertiary/aromatic N) is 7. The Morgan fingerprint density at radius 2 is 2.14 bits per heavy atom. The van der Waals surface area contributed by atoms with Crippen LogP contribution in [0.1, 0.15) is 27.0 Å². The van der Waals surface area contributed by atoms with E-state index in [1.807, 2.05) is 0 Å². The van der Waals surface area contributed by atoms with E-state index in [2.05, 4.69) is 21.3 Å². The van der Waals surface area contributed by atoms with Crippen molar-refractivity contribution in [1.82, 2.24) is 29.4 Å². The fourth-order valence-electron chi connectivity index (χ4n) is 4.79. The number of benzene rings is 1. The molecule has 1 aliphatic rings. The van der Waals surface area contributed by atoms with Crippen LogP contribution in [0.25, 0.3) is 22.3 Å². The molecule has 1 amide bonds. The largest absolute Gasteiger partial charge is 0.467 e. The Hall–Kier alpha value is -4.30. The molecule has 0 saturated carbocycles. The van der Waals surface area contributed by atoms with Gasteiger partial charge in [-0.25, -0.2) is 14.2 Å². The summed E-state index contributed by atoms with van der Waals surface area (Å²) in [6, 6.07) is 5.46. The normalized spacial score (nSPS) is 13.9. The van der Waals surface area contributed by atoms with Crippen molar-refractivity contribution in [3.05, 3.63) is 63.8 Å². The number of fused-ring (bicyclic) bond motifs is 2. The maximum absolute atomic E-state index is 15.2. The number of hydrogen-bond donors (Lipinski definition) is 0. The molecule has 1 atom stereocenters. The number of ether oxygens (including phenoxy) is 1. The number of aromatic nitrogens is 5. The van der Waals surface area contributed by atoms with Gasteiger partial charge >= 0.3 is 5.97 Å². The number of carbonyl (C=O) groups excluding carboxylic acids is 2. The molecule has 10 nitrogen and oxygen atoms in total. The highest BCUT2D eigenvalue weighted by molar-refractivity contribution is 6.33. The van der Waals surface area contributed by atoms with Crippen molar-refractivity contribution >= 4 is 34.5 Å². The van der Waals surface area contributed by atoms with Gasteiger partial charge in [0.2, 0.25) is 0 Å². The van der Waals surface area contributed by atoms with Crippen LogP contribution in [0.4, 0.5) is 4.39 Å². The van der Waals surface area contributed by atoms with Crippen LogP contribution >= 0.6 is 11.6 Å². The monoisotopic (exact) mass is 521 g/mol. The number of nitriles is 1. The summed E-state index contributed by atoms with van der Waals surface area (Å²) in [6.45, 7) is 0.139. The van der Waals surface area contributed by atoms with Crippen LogP contribution in [0, 0.1) is 17.1 Å². The van der Waals surface area contributed by atoms with Gasteiger partial charge in [0.05, 0.1) is 35.6 Å². The lowest BCUT2D eigenvalue weighted by Gasteiger charge is -2.34. The van der Waals surface area contributed by atoms with Crippen LogP contribution in [-0.2, 0) is 36.5 Å². The van der Waals surface area contributed by atoms with Gasteiger partial charge in [0.15, 0.2) is 5.15 Å². The van der Waals surface area contributed by atoms with E-state index >= 15 is 4.39 Å². The van der Waals surface area contributed by atoms with E-state index < -0.39 is 23.7 Å². The third-order valence-electron chi connectivity index (χ3n) is 6.54. The van der Waals surface area contributed by atoms with E-state index in [9.17, 15) is 14.9 Å². The smallest absolute Gasteiger partial charge is 0.328 e. The minimum absolute atomic E-state index is 0.139. The van der Waals surface area contributed by atoms with Crippen molar-refractivity contribution < 1.29 is 18.7 Å². The van der Waals surface area contributed by atoms with Crippen LogP contribution in [0.15, 0.2) is 30.6 Å². The van der Waals surface area contributed by atoms with E-state index in [0.717, 1.165) is 5.56 Å². The van der Waals surface area contributed by atoms with Gasteiger partial charge in [-0.2, -0.15) is 15.5 Å². The number of rotatable bonds is 5. The second-order valence-corrected chi connectivity index (χ2v) is 9.10. The first-order valence-electron chi connectivity index (χ1n) is 11.3. The first kappa shape index (κ1) is 24.4. The molecule has 4 heterocycles. The number of pyridine rings is 1. The molecule has 1 aromatic carbocycles. The zero-order valence-corrected chi connectivity index (χ0v) is 21.0. The molecule has 0 fully saturated rings. The molecule has 0 aliphatic carbocycles. The Labute approximate surface area is 215 Å². The number of carbonyl (C=O) groups is 2. The van der Waals surface area contributed by atoms with Crippen LogP contribution in [0.2, 0.25) is 5.15 Å². The van der Waals surface area contributed by atoms with Crippen molar-refractivity contribution in [2.45, 2.75) is 18.9 Å². The molecule has 0 spiro atoms. The average molecular weight is 522 g/mol. The van der Waals surface area contributed by atoms with Gasteiger partial charge in [0.1, 0.15) is 23.4 Å². The second kappa shape index (κ2) is 9.29.